The van der Waals surface area contributed by atoms with Crippen LogP contribution in [-0.2, 0) is 10.0 Å². The number of sulfonamides is 1. The molecule has 0 bridgehead atoms. The Balaban J connectivity index is 2.85. The second-order valence-corrected chi connectivity index (χ2v) is 3.95. The van der Waals surface area contributed by atoms with Crippen LogP contribution in [0.15, 0.2) is 12.4 Å². The van der Waals surface area contributed by atoms with Crippen LogP contribution in [0, 0.1) is 0 Å². The van der Waals surface area contributed by atoms with E-state index < -0.39 is 10.0 Å². The van der Waals surface area contributed by atoms with Crippen molar-refractivity contribution in [3.63, 3.8) is 0 Å². The second kappa shape index (κ2) is 2.94. The topological polar surface area (TPSA) is 98.0 Å². The van der Waals surface area contributed by atoms with Crippen molar-refractivity contribution in [2.75, 3.05) is 16.7 Å². The molecule has 66 valence electrons. The van der Waals surface area contributed by atoms with Crippen molar-refractivity contribution < 1.29 is 8.42 Å². The van der Waals surface area contributed by atoms with Gasteiger partial charge < -0.3 is 5.73 Å². The van der Waals surface area contributed by atoms with Gasteiger partial charge in [0, 0.05) is 0 Å². The summed E-state index contributed by atoms with van der Waals surface area (Å²) in [6.07, 6.45) is 3.55. The predicted octanol–water partition coefficient (Wildman–Crippen LogP) is -0.570. The van der Waals surface area contributed by atoms with Crippen LogP contribution in [0.25, 0.3) is 0 Å². The number of rotatable bonds is 2. The molecule has 0 atom stereocenters. The van der Waals surface area contributed by atoms with E-state index in [1.54, 1.807) is 0 Å². The standard InChI is InChI=1S/C5H8N4O2S/c1-12(10,11)9-5-3-7-4(6)2-8-5/h2-3H,1H3,(H2,6,7)(H,8,9). The first-order valence-corrected chi connectivity index (χ1v) is 4.92. The molecule has 1 aromatic heterocycles. The first kappa shape index (κ1) is 8.72. The molecule has 1 heterocycles. The number of nitrogens with zero attached hydrogens (tertiary/aromatic N) is 2. The lowest BCUT2D eigenvalue weighted by Gasteiger charge is -2.00. The van der Waals surface area contributed by atoms with Gasteiger partial charge in [-0.3, -0.25) is 4.72 Å². The van der Waals surface area contributed by atoms with Crippen LogP contribution in [0.4, 0.5) is 11.6 Å². The Hall–Kier alpha value is -1.37. The van der Waals surface area contributed by atoms with Gasteiger partial charge in [0.2, 0.25) is 10.0 Å². The van der Waals surface area contributed by atoms with Crippen molar-refractivity contribution >= 4 is 21.7 Å². The molecule has 0 aliphatic rings. The molecule has 0 saturated carbocycles. The van der Waals surface area contributed by atoms with Gasteiger partial charge in [-0.15, -0.1) is 0 Å². The SMILES string of the molecule is CS(=O)(=O)Nc1cnc(N)cn1. The zero-order valence-corrected chi connectivity index (χ0v) is 7.17. The number of nitrogens with two attached hydrogens (primary N) is 1. The van der Waals surface area contributed by atoms with E-state index in [-0.39, 0.29) is 11.6 Å². The van der Waals surface area contributed by atoms with Gasteiger partial charge in [-0.25, -0.2) is 18.4 Å². The van der Waals surface area contributed by atoms with Crippen molar-refractivity contribution in [2.45, 2.75) is 0 Å². The summed E-state index contributed by atoms with van der Waals surface area (Å²) >= 11 is 0. The Kier molecular flexibility index (Phi) is 2.13. The molecule has 0 saturated heterocycles. The highest BCUT2D eigenvalue weighted by molar-refractivity contribution is 7.92. The molecule has 0 aliphatic carbocycles. The van der Waals surface area contributed by atoms with Gasteiger partial charge in [-0.05, 0) is 0 Å². The summed E-state index contributed by atoms with van der Waals surface area (Å²) in [5.41, 5.74) is 5.24. The lowest BCUT2D eigenvalue weighted by Crippen LogP contribution is -2.11. The molecule has 0 amide bonds. The summed E-state index contributed by atoms with van der Waals surface area (Å²) in [5.74, 6) is 0.403. The maximum atomic E-state index is 10.7. The summed E-state index contributed by atoms with van der Waals surface area (Å²) in [7, 11) is -3.28. The summed E-state index contributed by atoms with van der Waals surface area (Å²) in [6.45, 7) is 0. The molecule has 0 aliphatic heterocycles. The third-order valence-corrected chi connectivity index (χ3v) is 1.54. The van der Waals surface area contributed by atoms with Gasteiger partial charge in [0.25, 0.3) is 0 Å². The Labute approximate surface area is 69.9 Å². The molecule has 3 N–H and O–H groups in total. The largest absolute Gasteiger partial charge is 0.382 e. The average molecular weight is 188 g/mol. The maximum absolute atomic E-state index is 10.7. The van der Waals surface area contributed by atoms with E-state index >= 15 is 0 Å². The smallest absolute Gasteiger partial charge is 0.231 e. The molecule has 1 aromatic rings. The van der Waals surface area contributed by atoms with Crippen LogP contribution in [0.3, 0.4) is 0 Å². The third kappa shape index (κ3) is 2.70. The van der Waals surface area contributed by atoms with Gasteiger partial charge in [-0.1, -0.05) is 0 Å². The van der Waals surface area contributed by atoms with E-state index in [4.69, 9.17) is 5.73 Å². The number of nitrogen functional groups attached to an aromatic ring is 1. The Morgan fingerprint density at radius 1 is 1.42 bits per heavy atom. The molecular formula is C5H8N4O2S. The Morgan fingerprint density at radius 3 is 2.50 bits per heavy atom. The van der Waals surface area contributed by atoms with Gasteiger partial charge in [0.15, 0.2) is 5.82 Å². The average Bonchev–Trinajstić information content (AvgIpc) is 1.91. The number of hydrogen-bond acceptors (Lipinski definition) is 5. The van der Waals surface area contributed by atoms with Crippen molar-refractivity contribution in [3.8, 4) is 0 Å². The minimum atomic E-state index is -3.28. The Bertz CT molecular complexity index is 358. The van der Waals surface area contributed by atoms with Crippen molar-refractivity contribution in [1.29, 1.82) is 0 Å². The molecule has 7 heteroatoms. The molecule has 12 heavy (non-hydrogen) atoms. The zero-order valence-electron chi connectivity index (χ0n) is 6.35. The van der Waals surface area contributed by atoms with Crippen LogP contribution >= 0.6 is 0 Å². The third-order valence-electron chi connectivity index (χ3n) is 0.962. The fraction of sp³-hybridized carbons (Fsp3) is 0.200. The van der Waals surface area contributed by atoms with Gasteiger partial charge in [-0.2, -0.15) is 0 Å². The first-order valence-electron chi connectivity index (χ1n) is 3.03. The molecule has 0 aromatic carbocycles. The van der Waals surface area contributed by atoms with E-state index in [2.05, 4.69) is 14.7 Å². The lowest BCUT2D eigenvalue weighted by atomic mass is 10.6. The first-order chi connectivity index (χ1) is 5.47. The normalized spacial score (nSPS) is 11.1. The van der Waals surface area contributed by atoms with Crippen molar-refractivity contribution in [2.24, 2.45) is 0 Å². The van der Waals surface area contributed by atoms with E-state index in [1.165, 1.54) is 12.4 Å². The highest BCUT2D eigenvalue weighted by atomic mass is 32.2. The fourth-order valence-electron chi connectivity index (χ4n) is 0.581. The Morgan fingerprint density at radius 2 is 2.08 bits per heavy atom. The molecule has 1 rings (SSSR count). The van der Waals surface area contributed by atoms with E-state index in [0.29, 0.717) is 0 Å². The molecule has 0 radical (unpaired) electrons. The zero-order chi connectivity index (χ0) is 9.19. The molecular weight excluding hydrogens is 180 g/mol. The van der Waals surface area contributed by atoms with Crippen molar-refractivity contribution in [1.82, 2.24) is 9.97 Å². The van der Waals surface area contributed by atoms with E-state index in [0.717, 1.165) is 6.26 Å². The van der Waals surface area contributed by atoms with Crippen LogP contribution < -0.4 is 10.5 Å². The van der Waals surface area contributed by atoms with Gasteiger partial charge in [0.1, 0.15) is 5.82 Å². The molecule has 0 spiro atoms. The van der Waals surface area contributed by atoms with Crippen LogP contribution in [0.5, 0.6) is 0 Å². The van der Waals surface area contributed by atoms with Gasteiger partial charge >= 0.3 is 0 Å². The highest BCUT2D eigenvalue weighted by Crippen LogP contribution is 2.02. The highest BCUT2D eigenvalue weighted by Gasteiger charge is 2.01. The van der Waals surface area contributed by atoms with Crippen LogP contribution in [0.1, 0.15) is 0 Å². The molecule has 6 nitrogen and oxygen atoms in total. The maximum Gasteiger partial charge on any atom is 0.231 e. The quantitative estimate of drug-likeness (QED) is 0.647. The number of nitrogens with one attached hydrogen (secondary N) is 1. The predicted molar refractivity (Wildman–Crippen MR) is 44.9 cm³/mol. The summed E-state index contributed by atoms with van der Waals surface area (Å²) < 4.78 is 23.5. The summed E-state index contributed by atoms with van der Waals surface area (Å²) in [5, 5.41) is 0. The molecule has 0 unspecified atom stereocenters. The summed E-state index contributed by atoms with van der Waals surface area (Å²) in [6, 6.07) is 0. The minimum Gasteiger partial charge on any atom is -0.382 e. The van der Waals surface area contributed by atoms with Crippen molar-refractivity contribution in [3.05, 3.63) is 12.4 Å². The van der Waals surface area contributed by atoms with Gasteiger partial charge in [0.05, 0.1) is 18.6 Å². The second-order valence-electron chi connectivity index (χ2n) is 2.20. The van der Waals surface area contributed by atoms with Crippen LogP contribution in [0.2, 0.25) is 0 Å². The number of hydrogen-bond donors (Lipinski definition) is 2. The monoisotopic (exact) mass is 188 g/mol. The number of aromatic nitrogens is 2. The fourth-order valence-corrected chi connectivity index (χ4v) is 1.07. The minimum absolute atomic E-state index is 0.159. The van der Waals surface area contributed by atoms with E-state index in [9.17, 15) is 8.42 Å². The number of anilines is 2. The van der Waals surface area contributed by atoms with Crippen LogP contribution in [-0.4, -0.2) is 24.6 Å². The lowest BCUT2D eigenvalue weighted by molar-refractivity contribution is 0.606. The molecule has 0 fully saturated rings. The summed E-state index contributed by atoms with van der Waals surface area (Å²) in [4.78, 5) is 7.34. The van der Waals surface area contributed by atoms with E-state index in [1.807, 2.05) is 0 Å².